The van der Waals surface area contributed by atoms with Crippen LogP contribution in [0.1, 0.15) is 31.7 Å². The lowest BCUT2D eigenvalue weighted by Crippen LogP contribution is -3.12. The molecule has 0 spiro atoms. The first-order valence-corrected chi connectivity index (χ1v) is 5.23. The monoisotopic (exact) mass is 206 g/mol. The maximum absolute atomic E-state index is 4.25. The molecular formula is C10H16N5+. The number of aromatic nitrogens is 2. The second-order valence-corrected chi connectivity index (χ2v) is 3.79. The van der Waals surface area contributed by atoms with Crippen molar-refractivity contribution in [2.45, 2.75) is 26.7 Å². The van der Waals surface area contributed by atoms with Crippen molar-refractivity contribution in [3.8, 4) is 0 Å². The van der Waals surface area contributed by atoms with Gasteiger partial charge < -0.3 is 0 Å². The van der Waals surface area contributed by atoms with E-state index in [1.54, 1.807) is 0 Å². The molecule has 15 heavy (non-hydrogen) atoms. The van der Waals surface area contributed by atoms with Crippen molar-refractivity contribution in [2.75, 3.05) is 7.05 Å². The zero-order chi connectivity index (χ0) is 10.8. The highest BCUT2D eigenvalue weighted by Crippen LogP contribution is 2.03. The minimum Gasteiger partial charge on any atom is -0.282 e. The fourth-order valence-electron chi connectivity index (χ4n) is 1.57. The van der Waals surface area contributed by atoms with Crippen LogP contribution >= 0.6 is 0 Å². The van der Waals surface area contributed by atoms with Crippen LogP contribution in [0.5, 0.6) is 0 Å². The molecule has 0 amide bonds. The Morgan fingerprint density at radius 2 is 2.20 bits per heavy atom. The Labute approximate surface area is 88.9 Å². The van der Waals surface area contributed by atoms with Crippen molar-refractivity contribution in [3.05, 3.63) is 17.5 Å². The number of quaternary nitrogens is 1. The van der Waals surface area contributed by atoms with Gasteiger partial charge in [-0.15, -0.1) is 0 Å². The van der Waals surface area contributed by atoms with Gasteiger partial charge in [-0.25, -0.2) is 4.90 Å². The molecule has 2 rings (SSSR count). The number of nitrogens with one attached hydrogen (secondary N) is 2. The highest BCUT2D eigenvalue weighted by molar-refractivity contribution is 5.98. The largest absolute Gasteiger partial charge is 0.282 e. The molecule has 0 aromatic carbocycles. The van der Waals surface area contributed by atoms with E-state index in [0.29, 0.717) is 0 Å². The molecule has 1 atom stereocenters. The van der Waals surface area contributed by atoms with Gasteiger partial charge >= 0.3 is 0 Å². The Hall–Kier alpha value is -1.49. The molecule has 0 saturated carbocycles. The van der Waals surface area contributed by atoms with Crippen LogP contribution in [-0.4, -0.2) is 28.9 Å². The average molecular weight is 206 g/mol. The maximum atomic E-state index is 4.25. The van der Waals surface area contributed by atoms with E-state index in [-0.39, 0.29) is 0 Å². The van der Waals surface area contributed by atoms with Crippen molar-refractivity contribution in [3.63, 3.8) is 0 Å². The van der Waals surface area contributed by atoms with E-state index in [2.05, 4.69) is 33.4 Å². The first-order chi connectivity index (χ1) is 7.22. The van der Waals surface area contributed by atoms with E-state index < -0.39 is 0 Å². The Kier molecular flexibility index (Phi) is 2.64. The van der Waals surface area contributed by atoms with Gasteiger partial charge in [0, 0.05) is 12.6 Å². The Morgan fingerprint density at radius 3 is 2.80 bits per heavy atom. The van der Waals surface area contributed by atoms with E-state index >= 15 is 0 Å². The number of nitrogens with zero attached hydrogens (tertiary/aromatic N) is 3. The van der Waals surface area contributed by atoms with Crippen LogP contribution in [0.2, 0.25) is 0 Å². The SMILES string of the molecule is CCCc1cc(C2=NN=C(C)[NH+]2C)n[nH]1. The van der Waals surface area contributed by atoms with Gasteiger partial charge in [-0.3, -0.25) is 5.10 Å². The number of rotatable bonds is 3. The number of H-pyrrole nitrogens is 1. The molecule has 5 heteroatoms. The highest BCUT2D eigenvalue weighted by Gasteiger charge is 2.25. The lowest BCUT2D eigenvalue weighted by molar-refractivity contribution is -0.671. The Bertz CT molecular complexity index is 415. The van der Waals surface area contributed by atoms with Crippen LogP contribution < -0.4 is 4.90 Å². The standard InChI is InChI=1S/C10H15N5/c1-4-5-8-6-9(13-12-8)10-14-11-7(2)15(10)3/h6H,4-5H2,1-3H3,(H,12,13)/p+1. The second-order valence-electron chi connectivity index (χ2n) is 3.79. The van der Waals surface area contributed by atoms with Crippen LogP contribution in [0.25, 0.3) is 0 Å². The smallest absolute Gasteiger partial charge is 0.279 e. The van der Waals surface area contributed by atoms with Gasteiger partial charge in [0.1, 0.15) is 0 Å². The molecule has 1 aliphatic heterocycles. The molecule has 1 aliphatic rings. The average Bonchev–Trinajstić information content (AvgIpc) is 2.77. The second kappa shape index (κ2) is 3.94. The fourth-order valence-corrected chi connectivity index (χ4v) is 1.57. The third kappa shape index (κ3) is 1.83. The third-order valence-electron chi connectivity index (χ3n) is 2.59. The van der Waals surface area contributed by atoms with Gasteiger partial charge in [-0.05, 0) is 12.5 Å². The highest BCUT2D eigenvalue weighted by atomic mass is 15.4. The third-order valence-corrected chi connectivity index (χ3v) is 2.59. The van der Waals surface area contributed by atoms with Crippen LogP contribution in [0, 0.1) is 0 Å². The molecule has 0 radical (unpaired) electrons. The van der Waals surface area contributed by atoms with Crippen molar-refractivity contribution in [1.29, 1.82) is 0 Å². The van der Waals surface area contributed by atoms with E-state index in [9.17, 15) is 0 Å². The van der Waals surface area contributed by atoms with Gasteiger partial charge in [0.25, 0.3) is 5.84 Å². The lowest BCUT2D eigenvalue weighted by Gasteiger charge is -2.03. The molecule has 5 nitrogen and oxygen atoms in total. The molecule has 1 unspecified atom stereocenters. The Morgan fingerprint density at radius 1 is 1.40 bits per heavy atom. The number of hydrogen-bond acceptors (Lipinski definition) is 3. The van der Waals surface area contributed by atoms with E-state index in [1.807, 2.05) is 14.0 Å². The summed E-state index contributed by atoms with van der Waals surface area (Å²) in [4.78, 5) is 1.12. The van der Waals surface area contributed by atoms with Crippen LogP contribution in [-0.2, 0) is 6.42 Å². The van der Waals surface area contributed by atoms with E-state index in [0.717, 1.165) is 40.8 Å². The molecule has 2 N–H and O–H groups in total. The van der Waals surface area contributed by atoms with Crippen molar-refractivity contribution in [1.82, 2.24) is 10.2 Å². The van der Waals surface area contributed by atoms with Gasteiger partial charge in [0.05, 0.1) is 7.05 Å². The molecule has 0 saturated heterocycles. The summed E-state index contributed by atoms with van der Waals surface area (Å²) in [7, 11) is 2.03. The first kappa shape index (κ1) is 10.0. The summed E-state index contributed by atoms with van der Waals surface area (Å²) in [6.07, 6.45) is 2.14. The van der Waals surface area contributed by atoms with Gasteiger partial charge in [-0.2, -0.15) is 5.10 Å². The minimum absolute atomic E-state index is 0.895. The van der Waals surface area contributed by atoms with Crippen molar-refractivity contribution < 1.29 is 4.90 Å². The molecule has 80 valence electrons. The number of hydrogen-bond donors (Lipinski definition) is 2. The molecule has 0 aliphatic carbocycles. The zero-order valence-electron chi connectivity index (χ0n) is 9.33. The summed E-state index contributed by atoms with van der Waals surface area (Å²) in [6, 6.07) is 2.06. The molecule has 1 aromatic rings. The summed E-state index contributed by atoms with van der Waals surface area (Å²) in [6.45, 7) is 4.11. The Balaban J connectivity index is 2.18. The van der Waals surface area contributed by atoms with Crippen molar-refractivity contribution in [2.24, 2.45) is 10.2 Å². The molecule has 1 aromatic heterocycles. The molecule has 0 fully saturated rings. The minimum atomic E-state index is 0.895. The number of amidine groups is 2. The molecule has 0 bridgehead atoms. The van der Waals surface area contributed by atoms with Gasteiger partial charge in [0.15, 0.2) is 5.69 Å². The van der Waals surface area contributed by atoms with Crippen molar-refractivity contribution >= 4 is 11.7 Å². The van der Waals surface area contributed by atoms with E-state index in [4.69, 9.17) is 0 Å². The summed E-state index contributed by atoms with van der Waals surface area (Å²) < 4.78 is 0. The predicted octanol–water partition coefficient (Wildman–Crippen LogP) is -0.0295. The van der Waals surface area contributed by atoms with Crippen LogP contribution in [0.3, 0.4) is 0 Å². The van der Waals surface area contributed by atoms with Crippen LogP contribution in [0.15, 0.2) is 16.3 Å². The fraction of sp³-hybridized carbons (Fsp3) is 0.500. The number of aromatic amines is 1. The summed E-state index contributed by atoms with van der Waals surface area (Å²) in [5, 5.41) is 15.4. The lowest BCUT2D eigenvalue weighted by atomic mass is 10.2. The summed E-state index contributed by atoms with van der Waals surface area (Å²) in [5.41, 5.74) is 2.06. The maximum Gasteiger partial charge on any atom is 0.279 e. The molecular weight excluding hydrogens is 190 g/mol. The molecule has 2 heterocycles. The topological polar surface area (TPSA) is 57.8 Å². The van der Waals surface area contributed by atoms with Gasteiger partial charge in [-0.1, -0.05) is 23.5 Å². The predicted molar refractivity (Wildman–Crippen MR) is 59.1 cm³/mol. The normalized spacial score (nSPS) is 20.3. The first-order valence-electron chi connectivity index (χ1n) is 5.23. The van der Waals surface area contributed by atoms with Crippen LogP contribution in [0.4, 0.5) is 0 Å². The summed E-state index contributed by atoms with van der Waals surface area (Å²) >= 11 is 0. The quantitative estimate of drug-likeness (QED) is 0.717. The van der Waals surface area contributed by atoms with Gasteiger partial charge in [0.2, 0.25) is 5.84 Å². The number of aryl methyl sites for hydroxylation is 1. The zero-order valence-corrected chi connectivity index (χ0v) is 9.33. The summed E-state index contributed by atoms with van der Waals surface area (Å²) in [5.74, 6) is 1.87. The van der Waals surface area contributed by atoms with E-state index in [1.165, 1.54) is 0 Å².